The largest absolute Gasteiger partial charge is 0.398 e. The van der Waals surface area contributed by atoms with Crippen LogP contribution in [0.15, 0.2) is 36.7 Å². The summed E-state index contributed by atoms with van der Waals surface area (Å²) in [6, 6.07) is 7.85. The van der Waals surface area contributed by atoms with Crippen molar-refractivity contribution in [3.63, 3.8) is 0 Å². The molecule has 0 atom stereocenters. The lowest BCUT2D eigenvalue weighted by atomic mass is 10.1. The third-order valence-electron chi connectivity index (χ3n) is 2.47. The highest BCUT2D eigenvalue weighted by atomic mass is 14.7. The summed E-state index contributed by atoms with van der Waals surface area (Å²) < 4.78 is 0. The van der Waals surface area contributed by atoms with Gasteiger partial charge in [0.25, 0.3) is 0 Å². The molecule has 0 aliphatic heterocycles. The number of nitrogens with two attached hydrogens (primary N) is 1. The minimum Gasteiger partial charge on any atom is -0.398 e. The maximum Gasteiger partial charge on any atom is 0.0710 e. The van der Waals surface area contributed by atoms with Crippen molar-refractivity contribution in [3.8, 4) is 0 Å². The molecule has 3 aromatic rings. The van der Waals surface area contributed by atoms with Crippen LogP contribution >= 0.6 is 0 Å². The number of aromatic nitrogens is 2. The van der Waals surface area contributed by atoms with Crippen molar-refractivity contribution in [2.24, 2.45) is 0 Å². The van der Waals surface area contributed by atoms with Gasteiger partial charge in [-0.15, -0.1) is 0 Å². The molecule has 0 amide bonds. The van der Waals surface area contributed by atoms with Crippen LogP contribution < -0.4 is 5.73 Å². The summed E-state index contributed by atoms with van der Waals surface area (Å²) in [5.41, 5.74) is 8.76. The zero-order valence-electron chi connectivity index (χ0n) is 7.49. The number of anilines is 1. The fraction of sp³-hybridized carbons (Fsp3) is 0. The van der Waals surface area contributed by atoms with E-state index in [9.17, 15) is 0 Å². The first kappa shape index (κ1) is 7.38. The Labute approximate surface area is 80.6 Å². The first-order chi connectivity index (χ1) is 6.86. The quantitative estimate of drug-likeness (QED) is 0.561. The summed E-state index contributed by atoms with van der Waals surface area (Å²) in [6.07, 6.45) is 3.65. The summed E-state index contributed by atoms with van der Waals surface area (Å²) >= 11 is 0. The van der Waals surface area contributed by atoms with Crippen LogP contribution in [0.4, 0.5) is 5.69 Å². The van der Waals surface area contributed by atoms with Crippen LogP contribution in [-0.2, 0) is 0 Å². The van der Waals surface area contributed by atoms with Gasteiger partial charge in [-0.2, -0.15) is 0 Å². The molecule has 68 valence electrons. The average molecular weight is 183 g/mol. The first-order valence-corrected chi connectivity index (χ1v) is 4.46. The van der Waals surface area contributed by atoms with E-state index in [1.165, 1.54) is 0 Å². The fourth-order valence-electron chi connectivity index (χ4n) is 1.82. The molecule has 3 N–H and O–H groups in total. The number of fused-ring (bicyclic) bond motifs is 3. The smallest absolute Gasteiger partial charge is 0.0710 e. The highest BCUT2D eigenvalue weighted by Gasteiger charge is 2.04. The lowest BCUT2D eigenvalue weighted by Gasteiger charge is -2.02. The minimum atomic E-state index is 0.789. The van der Waals surface area contributed by atoms with Gasteiger partial charge in [0, 0.05) is 34.4 Å². The number of hydrogen-bond acceptors (Lipinski definition) is 2. The monoisotopic (exact) mass is 183 g/mol. The molecule has 0 unspecified atom stereocenters. The maximum atomic E-state index is 5.93. The number of rotatable bonds is 0. The number of H-pyrrole nitrogens is 1. The predicted molar refractivity (Wildman–Crippen MR) is 58.0 cm³/mol. The standard InChI is InChI=1S/C11H9N3/c12-8-4-6-14-10-2-1-9-7(11(8)10)3-5-13-9/h1-6,14H,12H2. The fourth-order valence-corrected chi connectivity index (χ4v) is 1.82. The molecule has 3 nitrogen and oxygen atoms in total. The molecule has 2 heterocycles. The highest BCUT2D eigenvalue weighted by molar-refractivity contribution is 6.10. The molecule has 3 rings (SSSR count). The molecule has 2 aromatic heterocycles. The molecule has 3 heteroatoms. The number of nitrogens with zero attached hydrogens (tertiary/aromatic N) is 1. The minimum absolute atomic E-state index is 0.789. The summed E-state index contributed by atoms with van der Waals surface area (Å²) in [5.74, 6) is 0. The van der Waals surface area contributed by atoms with Gasteiger partial charge in [-0.05, 0) is 24.3 Å². The van der Waals surface area contributed by atoms with E-state index in [0.717, 1.165) is 27.5 Å². The van der Waals surface area contributed by atoms with Crippen LogP contribution in [0.3, 0.4) is 0 Å². The molecule has 0 spiro atoms. The summed E-state index contributed by atoms with van der Waals surface area (Å²) in [7, 11) is 0. The van der Waals surface area contributed by atoms with Gasteiger partial charge in [0.1, 0.15) is 0 Å². The molecule has 0 aliphatic rings. The van der Waals surface area contributed by atoms with Crippen molar-refractivity contribution in [1.29, 1.82) is 0 Å². The van der Waals surface area contributed by atoms with E-state index in [4.69, 9.17) is 5.73 Å². The van der Waals surface area contributed by atoms with Crippen LogP contribution in [0.2, 0.25) is 0 Å². The Morgan fingerprint density at radius 2 is 2.07 bits per heavy atom. The molecule has 0 radical (unpaired) electrons. The van der Waals surface area contributed by atoms with Crippen LogP contribution in [0.5, 0.6) is 0 Å². The number of nitrogens with one attached hydrogen (secondary N) is 1. The Morgan fingerprint density at radius 3 is 3.00 bits per heavy atom. The van der Waals surface area contributed by atoms with E-state index in [0.29, 0.717) is 0 Å². The normalized spacial score (nSPS) is 11.1. The molecule has 0 saturated carbocycles. The van der Waals surface area contributed by atoms with Gasteiger partial charge >= 0.3 is 0 Å². The Bertz CT molecular complexity index is 610. The summed E-state index contributed by atoms with van der Waals surface area (Å²) in [4.78, 5) is 7.41. The van der Waals surface area contributed by atoms with Gasteiger partial charge < -0.3 is 10.7 Å². The third kappa shape index (κ3) is 0.836. The zero-order valence-corrected chi connectivity index (χ0v) is 7.49. The summed E-state index contributed by atoms with van der Waals surface area (Å²) in [5, 5.41) is 2.17. The third-order valence-corrected chi connectivity index (χ3v) is 2.47. The van der Waals surface area contributed by atoms with E-state index in [-0.39, 0.29) is 0 Å². The van der Waals surface area contributed by atoms with Gasteiger partial charge in [0.2, 0.25) is 0 Å². The second-order valence-electron chi connectivity index (χ2n) is 3.30. The van der Waals surface area contributed by atoms with Crippen molar-refractivity contribution < 1.29 is 0 Å². The van der Waals surface area contributed by atoms with E-state index in [1.54, 1.807) is 6.20 Å². The van der Waals surface area contributed by atoms with Crippen molar-refractivity contribution in [1.82, 2.24) is 9.97 Å². The van der Waals surface area contributed by atoms with Gasteiger partial charge in [-0.3, -0.25) is 4.98 Å². The Morgan fingerprint density at radius 1 is 1.14 bits per heavy atom. The lowest BCUT2D eigenvalue weighted by Crippen LogP contribution is -1.88. The molecule has 0 fully saturated rings. The van der Waals surface area contributed by atoms with E-state index in [2.05, 4.69) is 9.97 Å². The van der Waals surface area contributed by atoms with E-state index < -0.39 is 0 Å². The molecular formula is C11H9N3. The lowest BCUT2D eigenvalue weighted by molar-refractivity contribution is 1.42. The number of aromatic amines is 1. The van der Waals surface area contributed by atoms with Crippen LogP contribution in [0.25, 0.3) is 21.8 Å². The molecule has 14 heavy (non-hydrogen) atoms. The molecule has 0 bridgehead atoms. The van der Waals surface area contributed by atoms with Crippen LogP contribution in [0, 0.1) is 0 Å². The topological polar surface area (TPSA) is 54.7 Å². The van der Waals surface area contributed by atoms with Gasteiger partial charge in [0.15, 0.2) is 0 Å². The summed E-state index contributed by atoms with van der Waals surface area (Å²) in [6.45, 7) is 0. The van der Waals surface area contributed by atoms with Crippen molar-refractivity contribution in [3.05, 3.63) is 36.7 Å². The molecular weight excluding hydrogens is 174 g/mol. The number of hydrogen-bond donors (Lipinski definition) is 2. The Hall–Kier alpha value is -2.03. The Kier molecular flexibility index (Phi) is 1.31. The van der Waals surface area contributed by atoms with Gasteiger partial charge in [0.05, 0.1) is 5.52 Å². The second-order valence-corrected chi connectivity index (χ2v) is 3.30. The van der Waals surface area contributed by atoms with Crippen LogP contribution in [0.1, 0.15) is 0 Å². The predicted octanol–water partition coefficient (Wildman–Crippen LogP) is 2.30. The van der Waals surface area contributed by atoms with E-state index in [1.807, 2.05) is 30.5 Å². The highest BCUT2D eigenvalue weighted by Crippen LogP contribution is 2.27. The van der Waals surface area contributed by atoms with Crippen molar-refractivity contribution >= 4 is 27.5 Å². The van der Waals surface area contributed by atoms with Crippen molar-refractivity contribution in [2.45, 2.75) is 0 Å². The number of benzene rings is 1. The number of nitrogen functional groups attached to an aromatic ring is 1. The zero-order chi connectivity index (χ0) is 9.54. The SMILES string of the molecule is Nc1cc[nH]c2ccc3nccc3c12. The van der Waals surface area contributed by atoms with E-state index >= 15 is 0 Å². The average Bonchev–Trinajstić information content (AvgIpc) is 2.65. The van der Waals surface area contributed by atoms with Crippen molar-refractivity contribution in [2.75, 3.05) is 5.73 Å². The van der Waals surface area contributed by atoms with Gasteiger partial charge in [-0.1, -0.05) is 0 Å². The van der Waals surface area contributed by atoms with Gasteiger partial charge in [-0.25, -0.2) is 0 Å². The maximum absolute atomic E-state index is 5.93. The Balaban J connectivity index is 2.67. The first-order valence-electron chi connectivity index (χ1n) is 4.46. The number of pyridine rings is 1. The molecule has 0 saturated heterocycles. The van der Waals surface area contributed by atoms with Crippen LogP contribution in [-0.4, -0.2) is 9.97 Å². The molecule has 1 aromatic carbocycles. The second kappa shape index (κ2) is 2.48. The molecule has 0 aliphatic carbocycles.